The summed E-state index contributed by atoms with van der Waals surface area (Å²) in [5, 5.41) is 5.83. The van der Waals surface area contributed by atoms with Crippen LogP contribution in [0.25, 0.3) is 0 Å². The zero-order valence-corrected chi connectivity index (χ0v) is 12.4. The standard InChI is InChI=1S/C13H18BrFN2O2/c1-19-5-4-17-13(18)2-3-16-9-10-6-11(14)8-12(15)7-10/h6-8,16H,2-5,9H2,1H3,(H,17,18). The molecule has 0 unspecified atom stereocenters. The van der Waals surface area contributed by atoms with Gasteiger partial charge in [0, 0.05) is 37.6 Å². The van der Waals surface area contributed by atoms with Gasteiger partial charge in [0.15, 0.2) is 0 Å². The Bertz CT molecular complexity index is 395. The van der Waals surface area contributed by atoms with Crippen LogP contribution in [0.1, 0.15) is 12.0 Å². The summed E-state index contributed by atoms with van der Waals surface area (Å²) < 4.78 is 18.6. The maximum atomic E-state index is 13.1. The van der Waals surface area contributed by atoms with Gasteiger partial charge in [0.1, 0.15) is 5.82 Å². The molecule has 0 heterocycles. The normalized spacial score (nSPS) is 10.5. The van der Waals surface area contributed by atoms with Crippen molar-refractivity contribution in [2.75, 3.05) is 26.8 Å². The van der Waals surface area contributed by atoms with E-state index in [1.807, 2.05) is 6.07 Å². The summed E-state index contributed by atoms with van der Waals surface area (Å²) in [5.74, 6) is -0.298. The second-order valence-corrected chi connectivity index (χ2v) is 4.96. The first-order valence-corrected chi connectivity index (χ1v) is 6.82. The highest BCUT2D eigenvalue weighted by atomic mass is 79.9. The van der Waals surface area contributed by atoms with Gasteiger partial charge in [0.25, 0.3) is 0 Å². The third kappa shape index (κ3) is 7.25. The summed E-state index contributed by atoms with van der Waals surface area (Å²) in [6.45, 7) is 2.11. The molecular formula is C13H18BrFN2O2. The Kier molecular flexibility index (Phi) is 7.62. The Labute approximate surface area is 120 Å². The topological polar surface area (TPSA) is 50.4 Å². The van der Waals surface area contributed by atoms with E-state index in [2.05, 4.69) is 26.6 Å². The third-order valence-corrected chi connectivity index (χ3v) is 2.87. The summed E-state index contributed by atoms with van der Waals surface area (Å²) >= 11 is 3.24. The number of amides is 1. The van der Waals surface area contributed by atoms with E-state index in [0.717, 1.165) is 5.56 Å². The first-order chi connectivity index (χ1) is 9.11. The second kappa shape index (κ2) is 9.01. The van der Waals surface area contributed by atoms with Gasteiger partial charge in [-0.25, -0.2) is 4.39 Å². The maximum absolute atomic E-state index is 13.1. The molecule has 0 aliphatic heterocycles. The van der Waals surface area contributed by atoms with E-state index in [0.29, 0.717) is 37.1 Å². The Morgan fingerprint density at radius 3 is 2.84 bits per heavy atom. The second-order valence-electron chi connectivity index (χ2n) is 4.05. The molecular weight excluding hydrogens is 315 g/mol. The van der Waals surface area contributed by atoms with Gasteiger partial charge < -0.3 is 15.4 Å². The number of benzene rings is 1. The number of nitrogens with one attached hydrogen (secondary N) is 2. The largest absolute Gasteiger partial charge is 0.383 e. The van der Waals surface area contributed by atoms with Crippen molar-refractivity contribution >= 4 is 21.8 Å². The van der Waals surface area contributed by atoms with Gasteiger partial charge >= 0.3 is 0 Å². The molecule has 1 aromatic rings. The molecule has 0 aliphatic carbocycles. The minimum Gasteiger partial charge on any atom is -0.383 e. The number of ether oxygens (including phenoxy) is 1. The predicted octanol–water partition coefficient (Wildman–Crippen LogP) is 1.83. The quantitative estimate of drug-likeness (QED) is 0.714. The van der Waals surface area contributed by atoms with Crippen molar-refractivity contribution in [3.05, 3.63) is 34.1 Å². The molecule has 1 amide bonds. The molecule has 106 valence electrons. The van der Waals surface area contributed by atoms with Crippen LogP contribution in [0.4, 0.5) is 4.39 Å². The molecule has 0 fully saturated rings. The molecule has 6 heteroatoms. The van der Waals surface area contributed by atoms with Crippen molar-refractivity contribution in [3.8, 4) is 0 Å². The smallest absolute Gasteiger partial charge is 0.221 e. The van der Waals surface area contributed by atoms with Crippen molar-refractivity contribution in [2.24, 2.45) is 0 Å². The number of carbonyl (C=O) groups excluding carboxylic acids is 1. The van der Waals surface area contributed by atoms with Crippen LogP contribution >= 0.6 is 15.9 Å². The van der Waals surface area contributed by atoms with E-state index in [1.165, 1.54) is 12.1 Å². The van der Waals surface area contributed by atoms with E-state index in [4.69, 9.17) is 4.74 Å². The minimum atomic E-state index is -0.275. The summed E-state index contributed by atoms with van der Waals surface area (Å²) in [4.78, 5) is 11.4. The fourth-order valence-corrected chi connectivity index (χ4v) is 2.04. The number of hydrogen-bond acceptors (Lipinski definition) is 3. The number of carbonyl (C=O) groups is 1. The van der Waals surface area contributed by atoms with Crippen LogP contribution in [0, 0.1) is 5.82 Å². The highest BCUT2D eigenvalue weighted by molar-refractivity contribution is 9.10. The van der Waals surface area contributed by atoms with Crippen LogP contribution in [0.5, 0.6) is 0 Å². The maximum Gasteiger partial charge on any atom is 0.221 e. The summed E-state index contributed by atoms with van der Waals surface area (Å²) in [7, 11) is 1.59. The van der Waals surface area contributed by atoms with Crippen LogP contribution in [-0.4, -0.2) is 32.7 Å². The van der Waals surface area contributed by atoms with Gasteiger partial charge in [-0.2, -0.15) is 0 Å². The summed E-state index contributed by atoms with van der Waals surface area (Å²) in [6, 6.07) is 4.72. The molecule has 0 aromatic heterocycles. The lowest BCUT2D eigenvalue weighted by molar-refractivity contribution is -0.121. The van der Waals surface area contributed by atoms with E-state index < -0.39 is 0 Å². The van der Waals surface area contributed by atoms with Gasteiger partial charge in [0.05, 0.1) is 6.61 Å². The number of rotatable bonds is 8. The molecule has 2 N–H and O–H groups in total. The summed E-state index contributed by atoms with van der Waals surface area (Å²) in [5.41, 5.74) is 0.840. The first kappa shape index (κ1) is 16.1. The highest BCUT2D eigenvalue weighted by Gasteiger charge is 2.01. The molecule has 0 saturated heterocycles. The van der Waals surface area contributed by atoms with Gasteiger partial charge in [-0.1, -0.05) is 15.9 Å². The molecule has 19 heavy (non-hydrogen) atoms. The van der Waals surface area contributed by atoms with Crippen molar-refractivity contribution in [2.45, 2.75) is 13.0 Å². The summed E-state index contributed by atoms with van der Waals surface area (Å²) in [6.07, 6.45) is 0.389. The highest BCUT2D eigenvalue weighted by Crippen LogP contribution is 2.14. The minimum absolute atomic E-state index is 0.0232. The molecule has 0 bridgehead atoms. The van der Waals surface area contributed by atoms with E-state index in [-0.39, 0.29) is 11.7 Å². The number of methoxy groups -OCH3 is 1. The van der Waals surface area contributed by atoms with Crippen LogP contribution in [0.3, 0.4) is 0 Å². The Morgan fingerprint density at radius 1 is 1.37 bits per heavy atom. The number of hydrogen-bond donors (Lipinski definition) is 2. The van der Waals surface area contributed by atoms with Crippen LogP contribution in [0.15, 0.2) is 22.7 Å². The van der Waals surface area contributed by atoms with Crippen LogP contribution in [-0.2, 0) is 16.1 Å². The molecule has 1 rings (SSSR count). The fourth-order valence-electron chi connectivity index (χ4n) is 1.53. The predicted molar refractivity (Wildman–Crippen MR) is 75.3 cm³/mol. The van der Waals surface area contributed by atoms with Gasteiger partial charge in [-0.15, -0.1) is 0 Å². The number of halogens is 2. The van der Waals surface area contributed by atoms with Crippen molar-refractivity contribution in [1.82, 2.24) is 10.6 Å². The van der Waals surface area contributed by atoms with E-state index in [9.17, 15) is 9.18 Å². The van der Waals surface area contributed by atoms with Crippen LogP contribution in [0.2, 0.25) is 0 Å². The lowest BCUT2D eigenvalue weighted by Crippen LogP contribution is -2.29. The van der Waals surface area contributed by atoms with Crippen LogP contribution < -0.4 is 10.6 Å². The third-order valence-electron chi connectivity index (χ3n) is 2.41. The molecule has 0 aliphatic rings. The average molecular weight is 333 g/mol. The van der Waals surface area contributed by atoms with Gasteiger partial charge in [-0.05, 0) is 23.8 Å². The zero-order chi connectivity index (χ0) is 14.1. The molecule has 0 radical (unpaired) electrons. The molecule has 0 atom stereocenters. The lowest BCUT2D eigenvalue weighted by atomic mass is 10.2. The van der Waals surface area contributed by atoms with Crippen molar-refractivity contribution in [3.63, 3.8) is 0 Å². The molecule has 0 saturated carbocycles. The Morgan fingerprint density at radius 2 is 2.16 bits per heavy atom. The lowest BCUT2D eigenvalue weighted by Gasteiger charge is -2.07. The molecule has 4 nitrogen and oxygen atoms in total. The van der Waals surface area contributed by atoms with Gasteiger partial charge in [-0.3, -0.25) is 4.79 Å². The first-order valence-electron chi connectivity index (χ1n) is 6.03. The fraction of sp³-hybridized carbons (Fsp3) is 0.462. The SMILES string of the molecule is COCCNC(=O)CCNCc1cc(F)cc(Br)c1. The van der Waals surface area contributed by atoms with E-state index in [1.54, 1.807) is 7.11 Å². The van der Waals surface area contributed by atoms with E-state index >= 15 is 0 Å². The molecule has 0 spiro atoms. The zero-order valence-electron chi connectivity index (χ0n) is 10.8. The monoisotopic (exact) mass is 332 g/mol. The van der Waals surface area contributed by atoms with Crippen molar-refractivity contribution < 1.29 is 13.9 Å². The van der Waals surface area contributed by atoms with Gasteiger partial charge in [0.2, 0.25) is 5.91 Å². The average Bonchev–Trinajstić information content (AvgIpc) is 2.34. The molecule has 1 aromatic carbocycles. The van der Waals surface area contributed by atoms with Crippen molar-refractivity contribution in [1.29, 1.82) is 0 Å². The Balaban J connectivity index is 2.18. The Hall–Kier alpha value is -0.980.